The van der Waals surface area contributed by atoms with Crippen LogP contribution in [0.3, 0.4) is 0 Å². The molecule has 6 aromatic heterocycles. The smallest absolute Gasteiger partial charge is 0.358 e. The van der Waals surface area contributed by atoms with Gasteiger partial charge in [-0.05, 0) is 264 Å². The Kier molecular flexibility index (Phi) is 46.4. The monoisotopic (exact) mass is 1950 g/mol. The largest absolute Gasteiger partial charge is 0.513 e. The Morgan fingerprint density at radius 1 is 0.493 bits per heavy atom. The number of aliphatic hydroxyl groups excluding tert-OH is 1. The van der Waals surface area contributed by atoms with Gasteiger partial charge in [0, 0.05) is 100 Å². The van der Waals surface area contributed by atoms with Crippen LogP contribution in [0.4, 0.5) is 4.39 Å². The zero-order chi connectivity index (χ0) is 103. The number of aliphatic hydroxyl groups is 1. The standard InChI is InChI=1S/C14H21N3O3.C14H23N3O2.C12H19N3O2.C11H18N2O.C10H12.C9H7FN2O.C9H16O.C8H15NO2.C8H16.C6H7NO3.C6H11NO/c1-10-15-12(20-16-10)11-3-7-17(8-4-11)9-14(13(18)19)5-2-6-14;1-9(2)10(3)14(18)17-7-5-12(6-8-17)13-15-11(4)16-19-13;1-8(2)12(16)15-6-4-10(5-7-15)11-13-9(3)14-17-11;1-3-9-4-6-10(7-5-9)11-12-8(2)13-14-11;1-8-7-10(8)9-5-3-2-4-6-9;1-6-11-9(13-12-6)7-4-2-3-5-8(7)10;1-7-3-5-9(6-4-7)8(2)10;1-8(7(10)11)3-5-9(2)6-4-8;1-7-3-5-8(2)6-4-7;1-3-5(6(8)9)7-4(2)10-3;1-5(8)6-3-7(2)4-6/h11H,2-9H2,1H3,(H,18,19);9-10,12H,5-8H2,1-4H3;8,10H,4-7H2,1-3H3;9-10H,3-7H2,1-2H3;2-6,8,10H,7H2,1H3;2-5H,1H3;7,9H,3-6H2,1-2H3;3-6H2,1-2H3,(H,10,11);7-8H,3-6H2,1-2H3;1-2H3,(H,8,9);6,8H,1,3-4H2,2H3/t;;;;8-,10?;;;;;;/m....1....../s1. The maximum atomic E-state index is 13.2. The molecule has 0 spiro atoms. The maximum absolute atomic E-state index is 13.2. The number of carbonyl (C=O) groups is 6. The van der Waals surface area contributed by atoms with Gasteiger partial charge < -0.3 is 72.0 Å². The number of aromatic nitrogens is 11. The highest BCUT2D eigenvalue weighted by Crippen LogP contribution is 2.47. The molecule has 18 rings (SSSR count). The Balaban J connectivity index is 0.000000191. The first-order valence-electron chi connectivity index (χ1n) is 51.4. The molecule has 0 bridgehead atoms. The number of hydrogen-bond acceptors (Lipinski definition) is 27. The van der Waals surface area contributed by atoms with E-state index >= 15 is 0 Å². The summed E-state index contributed by atoms with van der Waals surface area (Å²) in [5.41, 5.74) is 0.913. The molecule has 10 aliphatic rings. The van der Waals surface area contributed by atoms with Gasteiger partial charge in [-0.1, -0.05) is 195 Å². The van der Waals surface area contributed by atoms with E-state index in [1.165, 1.54) is 88.7 Å². The van der Waals surface area contributed by atoms with Gasteiger partial charge in [0.1, 0.15) is 17.4 Å². The fraction of sp³-hybridized carbons (Fsp3) is 0.692. The Morgan fingerprint density at radius 2 is 0.907 bits per heavy atom. The van der Waals surface area contributed by atoms with E-state index in [1.54, 1.807) is 45.9 Å². The summed E-state index contributed by atoms with van der Waals surface area (Å²) in [6, 6.07) is 17.1. The molecule has 10 fully saturated rings. The topological polar surface area (TPSA) is 420 Å². The lowest BCUT2D eigenvalue weighted by Crippen LogP contribution is -2.49. The average molecular weight is 1950 g/mol. The number of oxazole rings is 1. The van der Waals surface area contributed by atoms with Crippen molar-refractivity contribution in [2.75, 3.05) is 86.1 Å². The number of amides is 2. The number of benzene rings is 2. The first-order chi connectivity index (χ1) is 66.4. The van der Waals surface area contributed by atoms with E-state index in [9.17, 15) is 38.3 Å². The summed E-state index contributed by atoms with van der Waals surface area (Å²) in [5, 5.41) is 54.4. The number of hydrogen-bond donors (Lipinski definition) is 4. The van der Waals surface area contributed by atoms with Gasteiger partial charge in [-0.15, -0.1) is 0 Å². The van der Waals surface area contributed by atoms with Crippen LogP contribution in [0.15, 0.2) is 94.0 Å². The minimum absolute atomic E-state index is 0.00231. The zero-order valence-corrected chi connectivity index (χ0v) is 87.7. The van der Waals surface area contributed by atoms with Crippen molar-refractivity contribution in [1.29, 1.82) is 0 Å². The molecule has 2 aromatic carbocycles. The lowest BCUT2D eigenvalue weighted by Gasteiger charge is -2.43. The third-order valence-corrected chi connectivity index (χ3v) is 29.5. The number of carbonyl (C=O) groups excluding carboxylic acids is 3. The summed E-state index contributed by atoms with van der Waals surface area (Å²) in [6.07, 6.45) is 28.3. The molecule has 5 aliphatic heterocycles. The number of nitrogens with zero attached hydrogens (tertiary/aromatic N) is 16. The second-order valence-corrected chi connectivity index (χ2v) is 42.0. The zero-order valence-electron chi connectivity index (χ0n) is 87.7. The number of rotatable bonds is 17. The van der Waals surface area contributed by atoms with E-state index in [0.29, 0.717) is 100 Å². The minimum atomic E-state index is -1.05. The van der Waals surface area contributed by atoms with Crippen LogP contribution in [-0.4, -0.2) is 222 Å². The lowest BCUT2D eigenvalue weighted by molar-refractivity contribution is -0.156. The number of likely N-dealkylation sites (tertiary alicyclic amines) is 5. The van der Waals surface area contributed by atoms with Crippen molar-refractivity contribution >= 4 is 35.5 Å². The summed E-state index contributed by atoms with van der Waals surface area (Å²) < 4.78 is 43.7. The van der Waals surface area contributed by atoms with E-state index < -0.39 is 28.7 Å². The van der Waals surface area contributed by atoms with Crippen molar-refractivity contribution in [1.82, 2.24) is 80.2 Å². The van der Waals surface area contributed by atoms with Crippen LogP contribution >= 0.6 is 0 Å². The molecule has 5 saturated heterocycles. The summed E-state index contributed by atoms with van der Waals surface area (Å²) in [5.74, 6) is 14.3. The summed E-state index contributed by atoms with van der Waals surface area (Å²) in [4.78, 5) is 103. The number of carboxylic acids is 3. The molecule has 11 heterocycles. The van der Waals surface area contributed by atoms with Gasteiger partial charge in [0.25, 0.3) is 5.89 Å². The molecule has 32 nitrogen and oxygen atoms in total. The van der Waals surface area contributed by atoms with E-state index in [2.05, 4.69) is 156 Å². The van der Waals surface area contributed by atoms with Crippen LogP contribution in [0.5, 0.6) is 0 Å². The number of ketones is 1. The predicted molar refractivity (Wildman–Crippen MR) is 534 cm³/mol. The third kappa shape index (κ3) is 37.2. The van der Waals surface area contributed by atoms with Crippen molar-refractivity contribution < 1.29 is 80.6 Å². The fourth-order valence-corrected chi connectivity index (χ4v) is 18.8. The van der Waals surface area contributed by atoms with Crippen LogP contribution in [0.2, 0.25) is 0 Å². The van der Waals surface area contributed by atoms with Crippen LogP contribution in [0, 0.1) is 124 Å². The number of aromatic carboxylic acids is 1. The summed E-state index contributed by atoms with van der Waals surface area (Å²) in [7, 11) is 4.06. The SMILES string of the molecule is C=C(O)C1CN(C)C1.CC(=O)C1CCC(C)CC1.CC1CCC(C)CC1.CCC1CCC(c2nc(C)no2)CC1.CN1CCC(C)(C(=O)O)CC1.C[C@@H]1CC1c1ccccc1.Cc1nc(C(=O)O)c(C)o1.Cc1noc(-c2ccccc2F)n1.Cc1noc(C2CCN(C(=O)C(C)C(C)C)CC2)n1.Cc1noc(C2CCN(C(=O)C(C)C)CC2)n1.Cc1noc(C2CCN(CC3(C(=O)O)CCC3)CC2)n1. The van der Waals surface area contributed by atoms with E-state index in [1.807, 2.05) is 79.3 Å². The molecule has 2 unspecified atom stereocenters. The molecule has 33 heteroatoms. The van der Waals surface area contributed by atoms with Gasteiger partial charge in [-0.25, -0.2) is 14.2 Å². The molecular formula is C107H165FN16O16. The number of aryl methyl sites for hydroxylation is 7. The van der Waals surface area contributed by atoms with Crippen LogP contribution < -0.4 is 0 Å². The fourth-order valence-electron chi connectivity index (χ4n) is 18.8. The number of carboxylic acid groups (broad SMARTS) is 3. The van der Waals surface area contributed by atoms with Crippen molar-refractivity contribution in [2.24, 2.45) is 70.0 Å². The molecule has 5 aliphatic carbocycles. The van der Waals surface area contributed by atoms with Gasteiger partial charge in [0.2, 0.25) is 35.4 Å². The van der Waals surface area contributed by atoms with Crippen LogP contribution in [0.25, 0.3) is 11.5 Å². The highest BCUT2D eigenvalue weighted by atomic mass is 19.1. The average Bonchev–Trinajstić information content (AvgIpc) is 1.48. The number of Topliss-reactive ketones (excluding diaryl/α,β-unsaturated/α-hetero) is 1. The minimum Gasteiger partial charge on any atom is -0.513 e. The highest BCUT2D eigenvalue weighted by molar-refractivity contribution is 5.86. The third-order valence-electron chi connectivity index (χ3n) is 29.5. The van der Waals surface area contributed by atoms with Crippen molar-refractivity contribution in [3.05, 3.63) is 148 Å². The number of aliphatic carboxylic acids is 2. The van der Waals surface area contributed by atoms with Crippen molar-refractivity contribution in [3.63, 3.8) is 0 Å². The molecule has 4 N–H and O–H groups in total. The van der Waals surface area contributed by atoms with Gasteiger partial charge in [-0.2, -0.15) is 24.9 Å². The molecule has 2 amide bonds. The molecule has 776 valence electrons. The summed E-state index contributed by atoms with van der Waals surface area (Å²) >= 11 is 0. The van der Waals surface area contributed by atoms with Crippen molar-refractivity contribution in [3.8, 4) is 11.5 Å². The van der Waals surface area contributed by atoms with E-state index in [4.69, 9.17) is 42.4 Å². The molecule has 140 heavy (non-hydrogen) atoms. The first kappa shape index (κ1) is 115. The Labute approximate surface area is 829 Å². The Morgan fingerprint density at radius 3 is 1.23 bits per heavy atom. The molecule has 8 aromatic rings. The van der Waals surface area contributed by atoms with Gasteiger partial charge in [0.05, 0.1) is 22.2 Å². The summed E-state index contributed by atoms with van der Waals surface area (Å²) in [6.45, 7) is 50.4. The van der Waals surface area contributed by atoms with E-state index in [0.717, 1.165) is 214 Å². The maximum Gasteiger partial charge on any atom is 0.358 e. The van der Waals surface area contributed by atoms with Gasteiger partial charge >= 0.3 is 17.9 Å². The molecule has 5 saturated carbocycles. The van der Waals surface area contributed by atoms with Crippen LogP contribution in [0.1, 0.15) is 354 Å². The second-order valence-electron chi connectivity index (χ2n) is 42.0. The highest BCUT2D eigenvalue weighted by Gasteiger charge is 2.46. The van der Waals surface area contributed by atoms with Crippen molar-refractivity contribution in [2.45, 2.75) is 322 Å². The molecule has 3 atom stereocenters. The number of halogens is 1. The lowest BCUT2D eigenvalue weighted by atomic mass is 9.68. The van der Waals surface area contributed by atoms with Gasteiger partial charge in [-0.3, -0.25) is 24.0 Å². The first-order valence-corrected chi connectivity index (χ1v) is 51.4. The quantitative estimate of drug-likeness (QED) is 0.0615. The van der Waals surface area contributed by atoms with E-state index in [-0.39, 0.29) is 41.1 Å². The van der Waals surface area contributed by atoms with Crippen LogP contribution in [-0.2, 0) is 24.0 Å². The second kappa shape index (κ2) is 56.5. The van der Waals surface area contributed by atoms with Gasteiger partial charge in [0.15, 0.2) is 40.7 Å². The predicted octanol–water partition coefficient (Wildman–Crippen LogP) is 21.6. The number of piperidine rings is 4. The Hall–Kier alpha value is -10.3. The molecule has 0 radical (unpaired) electrons. The molecular weight excluding hydrogens is 1780 g/mol. The Bertz CT molecular complexity index is 5000. The normalized spacial score (nSPS) is 22.6.